The smallest absolute Gasteiger partial charge is 0.244 e. The zero-order valence-electron chi connectivity index (χ0n) is 15.0. The van der Waals surface area contributed by atoms with E-state index in [1.165, 1.54) is 5.56 Å². The van der Waals surface area contributed by atoms with E-state index in [1.54, 1.807) is 4.90 Å². The minimum absolute atomic E-state index is 0.0230. The Morgan fingerprint density at radius 2 is 1.78 bits per heavy atom. The van der Waals surface area contributed by atoms with Crippen LogP contribution in [0.1, 0.15) is 18.4 Å². The maximum atomic E-state index is 13.1. The number of rotatable bonds is 3. The van der Waals surface area contributed by atoms with Crippen LogP contribution < -0.4 is 10.2 Å². The van der Waals surface area contributed by atoms with Crippen LogP contribution in [0.3, 0.4) is 0 Å². The summed E-state index contributed by atoms with van der Waals surface area (Å²) in [6, 6.07) is 15.9. The van der Waals surface area contributed by atoms with Crippen molar-refractivity contribution >= 4 is 39.1 Å². The molecule has 1 fully saturated rings. The Labute approximate surface area is 167 Å². The minimum Gasteiger partial charge on any atom is -0.323 e. The fraction of sp³-hybridized carbons (Fsp3) is 0.333. The molecule has 6 heteroatoms. The average molecular weight is 428 g/mol. The summed E-state index contributed by atoms with van der Waals surface area (Å²) in [5, 5.41) is 2.84. The normalized spacial score (nSPS) is 18.1. The Morgan fingerprint density at radius 3 is 2.52 bits per heavy atom. The lowest BCUT2D eigenvalue weighted by Crippen LogP contribution is -2.47. The van der Waals surface area contributed by atoms with E-state index in [0.717, 1.165) is 48.3 Å². The van der Waals surface area contributed by atoms with Crippen LogP contribution in [0.25, 0.3) is 0 Å². The van der Waals surface area contributed by atoms with Crippen LogP contribution in [0.15, 0.2) is 53.0 Å². The van der Waals surface area contributed by atoms with Gasteiger partial charge in [-0.2, -0.15) is 0 Å². The Hall–Kier alpha value is -2.18. The minimum atomic E-state index is -0.130. The van der Waals surface area contributed by atoms with Crippen molar-refractivity contribution in [2.24, 2.45) is 5.92 Å². The molecule has 2 aromatic rings. The molecule has 0 atom stereocenters. The third-order valence-electron chi connectivity index (χ3n) is 5.29. The Bertz CT molecular complexity index is 845. The fourth-order valence-electron chi connectivity index (χ4n) is 3.84. The quantitative estimate of drug-likeness (QED) is 0.812. The number of hydrogen-bond donors (Lipinski definition) is 1. The van der Waals surface area contributed by atoms with Gasteiger partial charge >= 0.3 is 0 Å². The Balaban J connectivity index is 1.39. The maximum absolute atomic E-state index is 13.1. The third-order valence-corrected chi connectivity index (χ3v) is 5.82. The molecule has 0 aliphatic carbocycles. The van der Waals surface area contributed by atoms with Crippen LogP contribution in [0.5, 0.6) is 0 Å². The highest BCUT2D eigenvalue weighted by Crippen LogP contribution is 2.32. The van der Waals surface area contributed by atoms with E-state index in [1.807, 2.05) is 24.3 Å². The molecule has 2 amide bonds. The molecule has 1 saturated heterocycles. The molecule has 2 aliphatic rings. The van der Waals surface area contributed by atoms with E-state index in [9.17, 15) is 9.59 Å². The molecular formula is C21H22BrN3O2. The number of nitrogens with one attached hydrogen (secondary N) is 1. The molecule has 0 aromatic heterocycles. The van der Waals surface area contributed by atoms with E-state index >= 15 is 0 Å². The van der Waals surface area contributed by atoms with Crippen molar-refractivity contribution in [3.8, 4) is 0 Å². The van der Waals surface area contributed by atoms with Gasteiger partial charge in [0.25, 0.3) is 0 Å². The molecule has 0 spiro atoms. The first-order valence-corrected chi connectivity index (χ1v) is 10.1. The van der Waals surface area contributed by atoms with E-state index in [2.05, 4.69) is 50.4 Å². The van der Waals surface area contributed by atoms with Crippen molar-refractivity contribution < 1.29 is 9.59 Å². The number of amides is 2. The number of piperidine rings is 1. The SMILES string of the molecule is O=C1CN(C(=O)C2CCN(Cc3ccc(Br)cc3)CC2)c2ccccc2N1. The van der Waals surface area contributed by atoms with Gasteiger partial charge in [-0.15, -0.1) is 0 Å². The first-order valence-electron chi connectivity index (χ1n) is 9.27. The lowest BCUT2D eigenvalue weighted by Gasteiger charge is -2.36. The molecule has 27 heavy (non-hydrogen) atoms. The van der Waals surface area contributed by atoms with Gasteiger partial charge in [0.15, 0.2) is 0 Å². The number of likely N-dealkylation sites (tertiary alicyclic amines) is 1. The first-order chi connectivity index (χ1) is 13.1. The maximum Gasteiger partial charge on any atom is 0.244 e. The van der Waals surface area contributed by atoms with Crippen LogP contribution in [0, 0.1) is 5.92 Å². The molecular weight excluding hydrogens is 406 g/mol. The second-order valence-electron chi connectivity index (χ2n) is 7.17. The van der Waals surface area contributed by atoms with Crippen molar-refractivity contribution in [3.05, 3.63) is 58.6 Å². The monoisotopic (exact) mass is 427 g/mol. The standard InChI is InChI=1S/C21H22BrN3O2/c22-17-7-5-15(6-8-17)13-24-11-9-16(10-12-24)21(27)25-14-20(26)23-18-3-1-2-4-19(18)25/h1-8,16H,9-14H2,(H,23,26). The molecule has 0 saturated carbocycles. The lowest BCUT2D eigenvalue weighted by atomic mass is 9.94. The molecule has 5 nitrogen and oxygen atoms in total. The van der Waals surface area contributed by atoms with Crippen LogP contribution in [-0.2, 0) is 16.1 Å². The summed E-state index contributed by atoms with van der Waals surface area (Å²) >= 11 is 3.46. The summed E-state index contributed by atoms with van der Waals surface area (Å²) in [6.07, 6.45) is 1.66. The van der Waals surface area contributed by atoms with Crippen molar-refractivity contribution in [2.45, 2.75) is 19.4 Å². The number of para-hydroxylation sites is 2. The zero-order valence-corrected chi connectivity index (χ0v) is 16.6. The molecule has 2 heterocycles. The highest BCUT2D eigenvalue weighted by Gasteiger charge is 2.33. The van der Waals surface area contributed by atoms with Gasteiger partial charge < -0.3 is 10.2 Å². The lowest BCUT2D eigenvalue weighted by molar-refractivity contribution is -0.125. The number of carbonyl (C=O) groups is 2. The molecule has 2 aliphatic heterocycles. The van der Waals surface area contributed by atoms with Gasteiger partial charge in [-0.05, 0) is 55.8 Å². The molecule has 0 bridgehead atoms. The van der Waals surface area contributed by atoms with Crippen molar-refractivity contribution in [2.75, 3.05) is 29.9 Å². The molecule has 4 rings (SSSR count). The van der Waals surface area contributed by atoms with Gasteiger partial charge in [-0.25, -0.2) is 0 Å². The number of benzene rings is 2. The average Bonchev–Trinajstić information content (AvgIpc) is 2.69. The van der Waals surface area contributed by atoms with Gasteiger partial charge in [-0.3, -0.25) is 14.5 Å². The molecule has 0 radical (unpaired) electrons. The van der Waals surface area contributed by atoms with Gasteiger partial charge in [-0.1, -0.05) is 40.2 Å². The summed E-state index contributed by atoms with van der Waals surface area (Å²) in [4.78, 5) is 29.1. The molecule has 0 unspecified atom stereocenters. The first kappa shape index (κ1) is 18.2. The van der Waals surface area contributed by atoms with Crippen molar-refractivity contribution in [1.82, 2.24) is 4.90 Å². The zero-order chi connectivity index (χ0) is 18.8. The summed E-state index contributed by atoms with van der Waals surface area (Å²) in [5.41, 5.74) is 2.80. The highest BCUT2D eigenvalue weighted by atomic mass is 79.9. The second kappa shape index (κ2) is 7.82. The van der Waals surface area contributed by atoms with Gasteiger partial charge in [0.1, 0.15) is 6.54 Å². The fourth-order valence-corrected chi connectivity index (χ4v) is 4.10. The summed E-state index contributed by atoms with van der Waals surface area (Å²) in [7, 11) is 0. The number of halogens is 1. The number of anilines is 2. The van der Waals surface area contributed by atoms with Crippen LogP contribution in [-0.4, -0.2) is 36.3 Å². The predicted molar refractivity (Wildman–Crippen MR) is 110 cm³/mol. The van der Waals surface area contributed by atoms with Crippen LogP contribution in [0.2, 0.25) is 0 Å². The Kier molecular flexibility index (Phi) is 5.27. The molecule has 1 N–H and O–H groups in total. The van der Waals surface area contributed by atoms with E-state index in [4.69, 9.17) is 0 Å². The van der Waals surface area contributed by atoms with Gasteiger partial charge in [0, 0.05) is 16.9 Å². The van der Waals surface area contributed by atoms with E-state index in [0.29, 0.717) is 0 Å². The summed E-state index contributed by atoms with van der Waals surface area (Å²) in [6.45, 7) is 2.81. The van der Waals surface area contributed by atoms with Crippen LogP contribution >= 0.6 is 15.9 Å². The van der Waals surface area contributed by atoms with Crippen molar-refractivity contribution in [1.29, 1.82) is 0 Å². The second-order valence-corrected chi connectivity index (χ2v) is 8.08. The highest BCUT2D eigenvalue weighted by molar-refractivity contribution is 9.10. The topological polar surface area (TPSA) is 52.7 Å². The van der Waals surface area contributed by atoms with Crippen LogP contribution in [0.4, 0.5) is 11.4 Å². The van der Waals surface area contributed by atoms with Gasteiger partial charge in [0.2, 0.25) is 11.8 Å². The largest absolute Gasteiger partial charge is 0.323 e. The Morgan fingerprint density at radius 1 is 1.07 bits per heavy atom. The van der Waals surface area contributed by atoms with Gasteiger partial charge in [0.05, 0.1) is 11.4 Å². The number of nitrogens with zero attached hydrogens (tertiary/aromatic N) is 2. The molecule has 2 aromatic carbocycles. The summed E-state index contributed by atoms with van der Waals surface area (Å²) in [5.74, 6) is -0.0829. The van der Waals surface area contributed by atoms with E-state index in [-0.39, 0.29) is 24.3 Å². The number of carbonyl (C=O) groups excluding carboxylic acids is 2. The predicted octanol–water partition coefficient (Wildman–Crippen LogP) is 3.65. The summed E-state index contributed by atoms with van der Waals surface area (Å²) < 4.78 is 1.08. The number of hydrogen-bond acceptors (Lipinski definition) is 3. The van der Waals surface area contributed by atoms with Crippen molar-refractivity contribution in [3.63, 3.8) is 0 Å². The third kappa shape index (κ3) is 4.06. The van der Waals surface area contributed by atoms with E-state index < -0.39 is 0 Å². The number of fused-ring (bicyclic) bond motifs is 1. The molecule has 140 valence electrons.